The number of rotatable bonds is 5. The Labute approximate surface area is 135 Å². The molecule has 0 saturated carbocycles. The summed E-state index contributed by atoms with van der Waals surface area (Å²) in [7, 11) is 0. The molecule has 120 valence electrons. The fraction of sp³-hybridized carbons (Fsp3) is 0.500. The molecule has 6 heteroatoms. The maximum absolute atomic E-state index is 12.1. The number of carbonyl (C=O) groups excluding carboxylic acids is 2. The predicted octanol–water partition coefficient (Wildman–Crippen LogP) is 1.14. The summed E-state index contributed by atoms with van der Waals surface area (Å²) in [6.07, 6.45) is 1.78. The largest absolute Gasteiger partial charge is 0.466 e. The molecule has 5 nitrogen and oxygen atoms in total. The summed E-state index contributed by atoms with van der Waals surface area (Å²) in [5.74, 6) is -0.306. The highest BCUT2D eigenvalue weighted by molar-refractivity contribution is 6.30. The van der Waals surface area contributed by atoms with E-state index in [1.165, 1.54) is 0 Å². The van der Waals surface area contributed by atoms with Crippen molar-refractivity contribution in [1.82, 2.24) is 0 Å². The third kappa shape index (κ3) is 5.00. The minimum atomic E-state index is -0.144. The van der Waals surface area contributed by atoms with Crippen molar-refractivity contribution in [1.29, 1.82) is 0 Å². The van der Waals surface area contributed by atoms with E-state index in [2.05, 4.69) is 5.32 Å². The van der Waals surface area contributed by atoms with Gasteiger partial charge in [-0.2, -0.15) is 0 Å². The van der Waals surface area contributed by atoms with Crippen LogP contribution in [-0.2, 0) is 14.3 Å². The second-order valence-electron chi connectivity index (χ2n) is 5.53. The number of ether oxygens (including phenoxy) is 1. The van der Waals surface area contributed by atoms with Crippen LogP contribution < -0.4 is 10.2 Å². The summed E-state index contributed by atoms with van der Waals surface area (Å²) >= 11 is 5.90. The molecule has 1 heterocycles. The molecule has 2 N–H and O–H groups in total. The van der Waals surface area contributed by atoms with Crippen molar-refractivity contribution in [3.05, 3.63) is 29.3 Å². The summed E-state index contributed by atoms with van der Waals surface area (Å²) < 4.78 is 5.08. The van der Waals surface area contributed by atoms with Crippen LogP contribution in [0.25, 0.3) is 0 Å². The Balaban J connectivity index is 1.84. The van der Waals surface area contributed by atoms with Crippen molar-refractivity contribution in [2.75, 3.05) is 31.6 Å². The molecule has 1 aromatic carbocycles. The fourth-order valence-electron chi connectivity index (χ4n) is 2.77. The number of esters is 1. The molecule has 1 saturated heterocycles. The van der Waals surface area contributed by atoms with Gasteiger partial charge in [-0.15, -0.1) is 0 Å². The molecule has 0 aromatic heterocycles. The number of anilines is 1. The molecule has 1 aliphatic heterocycles. The van der Waals surface area contributed by atoms with Crippen LogP contribution in [0, 0.1) is 5.92 Å². The lowest BCUT2D eigenvalue weighted by atomic mass is 9.98. The Bertz CT molecular complexity index is 536. The standard InChI is InChI=1S/C16H21ClN2O3/c1-2-22-16(21)12-5-4-8-19(10-12)11-15(20)18-14-7-3-6-13(17)9-14/h3,6-7,9,12H,2,4-5,8,10-11H2,1H3,(H,18,20)/p+1/t12-/m0/s1. The molecule has 1 aromatic rings. The SMILES string of the molecule is CCOC(=O)[C@H]1CCC[NH+](CC(=O)Nc2cccc(Cl)c2)C1. The van der Waals surface area contributed by atoms with Crippen molar-refractivity contribution in [3.8, 4) is 0 Å². The van der Waals surface area contributed by atoms with Crippen molar-refractivity contribution in [2.24, 2.45) is 5.92 Å². The topological polar surface area (TPSA) is 59.8 Å². The lowest BCUT2D eigenvalue weighted by molar-refractivity contribution is -0.899. The van der Waals surface area contributed by atoms with E-state index >= 15 is 0 Å². The van der Waals surface area contributed by atoms with Gasteiger partial charge in [0.15, 0.2) is 6.54 Å². The minimum Gasteiger partial charge on any atom is -0.466 e. The highest BCUT2D eigenvalue weighted by atomic mass is 35.5. The molecule has 0 spiro atoms. The van der Waals surface area contributed by atoms with Gasteiger partial charge >= 0.3 is 5.97 Å². The van der Waals surface area contributed by atoms with Gasteiger partial charge in [0.05, 0.1) is 19.7 Å². The van der Waals surface area contributed by atoms with Crippen molar-refractivity contribution < 1.29 is 19.2 Å². The molecule has 1 fully saturated rings. The van der Waals surface area contributed by atoms with Gasteiger partial charge < -0.3 is 15.0 Å². The predicted molar refractivity (Wildman–Crippen MR) is 85.0 cm³/mol. The van der Waals surface area contributed by atoms with Crippen LogP contribution in [0.15, 0.2) is 24.3 Å². The summed E-state index contributed by atoms with van der Waals surface area (Å²) in [5, 5.41) is 3.43. The number of piperidine rings is 1. The molecule has 1 unspecified atom stereocenters. The number of hydrogen-bond donors (Lipinski definition) is 2. The molecular weight excluding hydrogens is 304 g/mol. The second kappa shape index (κ2) is 8.15. The van der Waals surface area contributed by atoms with Gasteiger partial charge in [-0.05, 0) is 38.0 Å². The van der Waals surface area contributed by atoms with Gasteiger partial charge in [-0.1, -0.05) is 17.7 Å². The van der Waals surface area contributed by atoms with Gasteiger partial charge in [0.2, 0.25) is 0 Å². The zero-order valence-corrected chi connectivity index (χ0v) is 13.5. The molecule has 1 amide bonds. The summed E-state index contributed by atoms with van der Waals surface area (Å²) in [6, 6.07) is 7.07. The summed E-state index contributed by atoms with van der Waals surface area (Å²) in [5.41, 5.74) is 0.691. The van der Waals surface area contributed by atoms with Crippen LogP contribution in [0.3, 0.4) is 0 Å². The van der Waals surface area contributed by atoms with Crippen LogP contribution in [0.4, 0.5) is 5.69 Å². The quantitative estimate of drug-likeness (QED) is 0.798. The van der Waals surface area contributed by atoms with E-state index < -0.39 is 0 Å². The molecule has 22 heavy (non-hydrogen) atoms. The van der Waals surface area contributed by atoms with Crippen LogP contribution in [0.2, 0.25) is 5.02 Å². The second-order valence-corrected chi connectivity index (χ2v) is 5.97. The number of carbonyl (C=O) groups is 2. The average molecular weight is 326 g/mol. The lowest BCUT2D eigenvalue weighted by Gasteiger charge is -2.28. The monoisotopic (exact) mass is 325 g/mol. The lowest BCUT2D eigenvalue weighted by Crippen LogP contribution is -3.14. The van der Waals surface area contributed by atoms with Gasteiger partial charge in [0.25, 0.3) is 5.91 Å². The number of halogens is 1. The van der Waals surface area contributed by atoms with Crippen LogP contribution in [0.5, 0.6) is 0 Å². The Hall–Kier alpha value is -1.59. The Morgan fingerprint density at radius 3 is 3.00 bits per heavy atom. The van der Waals surface area contributed by atoms with Crippen LogP contribution in [-0.4, -0.2) is 38.1 Å². The molecule has 0 bridgehead atoms. The third-order valence-corrected chi connectivity index (χ3v) is 3.99. The molecule has 0 radical (unpaired) electrons. The average Bonchev–Trinajstić information content (AvgIpc) is 2.47. The normalized spacial score (nSPS) is 21.2. The van der Waals surface area contributed by atoms with Gasteiger partial charge in [-0.25, -0.2) is 0 Å². The van der Waals surface area contributed by atoms with Crippen LogP contribution in [0.1, 0.15) is 19.8 Å². The van der Waals surface area contributed by atoms with E-state index in [9.17, 15) is 9.59 Å². The van der Waals surface area contributed by atoms with E-state index in [4.69, 9.17) is 16.3 Å². The number of nitrogens with one attached hydrogen (secondary N) is 2. The number of likely N-dealkylation sites (tertiary alicyclic amines) is 1. The number of quaternary nitrogens is 1. The van der Waals surface area contributed by atoms with E-state index in [-0.39, 0.29) is 17.8 Å². The zero-order chi connectivity index (χ0) is 15.9. The smallest absolute Gasteiger partial charge is 0.314 e. The number of hydrogen-bond acceptors (Lipinski definition) is 3. The molecule has 0 aliphatic carbocycles. The van der Waals surface area contributed by atoms with E-state index in [0.717, 1.165) is 24.3 Å². The fourth-order valence-corrected chi connectivity index (χ4v) is 2.96. The maximum Gasteiger partial charge on any atom is 0.314 e. The van der Waals surface area contributed by atoms with E-state index in [1.807, 2.05) is 6.92 Å². The highest BCUT2D eigenvalue weighted by Gasteiger charge is 2.30. The third-order valence-electron chi connectivity index (χ3n) is 3.76. The van der Waals surface area contributed by atoms with Crippen molar-refractivity contribution in [2.45, 2.75) is 19.8 Å². The van der Waals surface area contributed by atoms with Crippen LogP contribution >= 0.6 is 11.6 Å². The van der Waals surface area contributed by atoms with Gasteiger partial charge in [-0.3, -0.25) is 9.59 Å². The van der Waals surface area contributed by atoms with Gasteiger partial charge in [0, 0.05) is 10.7 Å². The van der Waals surface area contributed by atoms with E-state index in [1.54, 1.807) is 24.3 Å². The molecular formula is C16H22ClN2O3+. The van der Waals surface area contributed by atoms with E-state index in [0.29, 0.717) is 30.4 Å². The van der Waals surface area contributed by atoms with Crippen molar-refractivity contribution in [3.63, 3.8) is 0 Å². The first-order chi connectivity index (χ1) is 10.6. The number of benzene rings is 1. The maximum atomic E-state index is 12.1. The Morgan fingerprint density at radius 2 is 2.27 bits per heavy atom. The zero-order valence-electron chi connectivity index (χ0n) is 12.7. The van der Waals surface area contributed by atoms with Crippen molar-refractivity contribution >= 4 is 29.2 Å². The Kier molecular flexibility index (Phi) is 6.21. The highest BCUT2D eigenvalue weighted by Crippen LogP contribution is 2.14. The number of amides is 1. The Morgan fingerprint density at radius 1 is 1.45 bits per heavy atom. The summed E-state index contributed by atoms with van der Waals surface area (Å²) in [4.78, 5) is 25.0. The first-order valence-corrected chi connectivity index (χ1v) is 8.02. The first kappa shape index (κ1) is 16.8. The molecule has 1 aliphatic rings. The molecule has 2 rings (SSSR count). The van der Waals surface area contributed by atoms with Gasteiger partial charge in [0.1, 0.15) is 5.92 Å². The molecule has 2 atom stereocenters. The summed E-state index contributed by atoms with van der Waals surface area (Å²) in [6.45, 7) is 4.12. The minimum absolute atomic E-state index is 0.0678. The first-order valence-electron chi connectivity index (χ1n) is 7.64.